The summed E-state index contributed by atoms with van der Waals surface area (Å²) in [4.78, 5) is 0. The minimum Gasteiger partial charge on any atom is -0.396 e. The van der Waals surface area contributed by atoms with Crippen LogP contribution in [0.2, 0.25) is 0 Å². The molecule has 0 aromatic rings. The number of aliphatic hydroxyl groups excluding tert-OH is 2. The molecule has 1 unspecified atom stereocenters. The lowest BCUT2D eigenvalue weighted by atomic mass is 9.69. The Balaban J connectivity index is 2.56. The molecular weight excluding hydrogens is 152 g/mol. The topological polar surface area (TPSA) is 40.5 Å². The molecule has 0 amide bonds. The van der Waals surface area contributed by atoms with Crippen LogP contribution < -0.4 is 0 Å². The zero-order valence-electron chi connectivity index (χ0n) is 7.92. The highest BCUT2D eigenvalue weighted by Gasteiger charge is 2.35. The summed E-state index contributed by atoms with van der Waals surface area (Å²) >= 11 is 0. The van der Waals surface area contributed by atoms with Gasteiger partial charge in [-0.05, 0) is 31.6 Å². The van der Waals surface area contributed by atoms with Crippen LogP contribution >= 0.6 is 0 Å². The number of rotatable bonds is 3. The van der Waals surface area contributed by atoms with Crippen LogP contribution in [-0.4, -0.2) is 22.9 Å². The molecule has 2 nitrogen and oxygen atoms in total. The predicted octanol–water partition coefficient (Wildman–Crippen LogP) is 1.70. The molecule has 0 bridgehead atoms. The fourth-order valence-corrected chi connectivity index (χ4v) is 2.36. The Labute approximate surface area is 74.6 Å². The monoisotopic (exact) mass is 172 g/mol. The third kappa shape index (κ3) is 1.99. The third-order valence-corrected chi connectivity index (χ3v) is 3.35. The first kappa shape index (κ1) is 10.0. The van der Waals surface area contributed by atoms with Gasteiger partial charge in [0.25, 0.3) is 0 Å². The van der Waals surface area contributed by atoms with Crippen molar-refractivity contribution in [2.45, 2.75) is 51.6 Å². The van der Waals surface area contributed by atoms with Crippen molar-refractivity contribution < 1.29 is 10.2 Å². The first-order chi connectivity index (χ1) is 5.71. The van der Waals surface area contributed by atoms with Crippen LogP contribution in [0.4, 0.5) is 0 Å². The molecule has 0 radical (unpaired) electrons. The first-order valence-electron chi connectivity index (χ1n) is 5.00. The largest absolute Gasteiger partial charge is 0.396 e. The van der Waals surface area contributed by atoms with Gasteiger partial charge in [0.2, 0.25) is 0 Å². The van der Waals surface area contributed by atoms with Gasteiger partial charge in [0.05, 0.1) is 6.10 Å². The lowest BCUT2D eigenvalue weighted by molar-refractivity contribution is -0.00917. The smallest absolute Gasteiger partial charge is 0.0569 e. The van der Waals surface area contributed by atoms with E-state index < -0.39 is 0 Å². The van der Waals surface area contributed by atoms with Crippen molar-refractivity contribution in [1.29, 1.82) is 0 Å². The van der Waals surface area contributed by atoms with Gasteiger partial charge in [-0.2, -0.15) is 0 Å². The Morgan fingerprint density at radius 3 is 2.25 bits per heavy atom. The van der Waals surface area contributed by atoms with Gasteiger partial charge < -0.3 is 10.2 Å². The van der Waals surface area contributed by atoms with Crippen molar-refractivity contribution in [3.8, 4) is 0 Å². The molecule has 0 aliphatic heterocycles. The maximum absolute atomic E-state index is 9.65. The van der Waals surface area contributed by atoms with E-state index in [0.29, 0.717) is 0 Å². The second kappa shape index (κ2) is 4.24. The van der Waals surface area contributed by atoms with Crippen LogP contribution in [0, 0.1) is 5.41 Å². The summed E-state index contributed by atoms with van der Waals surface area (Å²) in [7, 11) is 0. The fourth-order valence-electron chi connectivity index (χ4n) is 2.36. The quantitative estimate of drug-likeness (QED) is 0.680. The van der Waals surface area contributed by atoms with Crippen molar-refractivity contribution in [3.63, 3.8) is 0 Å². The highest BCUT2D eigenvalue weighted by atomic mass is 16.3. The van der Waals surface area contributed by atoms with Crippen LogP contribution in [-0.2, 0) is 0 Å². The van der Waals surface area contributed by atoms with Gasteiger partial charge in [-0.25, -0.2) is 0 Å². The Morgan fingerprint density at radius 2 is 1.83 bits per heavy atom. The van der Waals surface area contributed by atoms with Gasteiger partial charge in [0.1, 0.15) is 0 Å². The van der Waals surface area contributed by atoms with Gasteiger partial charge in [0.15, 0.2) is 0 Å². The van der Waals surface area contributed by atoms with Crippen molar-refractivity contribution in [2.75, 3.05) is 6.61 Å². The van der Waals surface area contributed by atoms with E-state index in [0.717, 1.165) is 19.3 Å². The summed E-state index contributed by atoms with van der Waals surface area (Å²) in [5, 5.41) is 18.6. The standard InChI is InChI=1S/C10H20O2/c1-9(12)10(7-8-11)5-3-2-4-6-10/h9,11-12H,2-8H2,1H3. The molecule has 1 rings (SSSR count). The van der Waals surface area contributed by atoms with Crippen molar-refractivity contribution in [1.82, 2.24) is 0 Å². The van der Waals surface area contributed by atoms with Gasteiger partial charge in [0, 0.05) is 6.61 Å². The van der Waals surface area contributed by atoms with E-state index >= 15 is 0 Å². The highest BCUT2D eigenvalue weighted by molar-refractivity contribution is 4.86. The maximum Gasteiger partial charge on any atom is 0.0569 e. The molecule has 0 aromatic carbocycles. The van der Waals surface area contributed by atoms with Crippen LogP contribution in [0.15, 0.2) is 0 Å². The molecule has 2 heteroatoms. The van der Waals surface area contributed by atoms with E-state index in [1.54, 1.807) is 0 Å². The van der Waals surface area contributed by atoms with E-state index in [2.05, 4.69) is 0 Å². The highest BCUT2D eigenvalue weighted by Crippen LogP contribution is 2.41. The van der Waals surface area contributed by atoms with Crippen molar-refractivity contribution >= 4 is 0 Å². The van der Waals surface area contributed by atoms with Crippen LogP contribution in [0.25, 0.3) is 0 Å². The Kier molecular flexibility index (Phi) is 3.53. The Morgan fingerprint density at radius 1 is 1.25 bits per heavy atom. The van der Waals surface area contributed by atoms with Crippen molar-refractivity contribution in [3.05, 3.63) is 0 Å². The van der Waals surface area contributed by atoms with Crippen LogP contribution in [0.1, 0.15) is 45.4 Å². The van der Waals surface area contributed by atoms with Crippen LogP contribution in [0.3, 0.4) is 0 Å². The summed E-state index contributed by atoms with van der Waals surface area (Å²) in [5.41, 5.74) is 0.0347. The molecule has 1 saturated carbocycles. The third-order valence-electron chi connectivity index (χ3n) is 3.35. The first-order valence-corrected chi connectivity index (χ1v) is 5.00. The van der Waals surface area contributed by atoms with Gasteiger partial charge >= 0.3 is 0 Å². The molecule has 2 N–H and O–H groups in total. The van der Waals surface area contributed by atoms with Gasteiger partial charge in [-0.1, -0.05) is 19.3 Å². The van der Waals surface area contributed by atoms with E-state index in [1.807, 2.05) is 6.92 Å². The molecule has 0 spiro atoms. The molecular formula is C10H20O2. The average molecular weight is 172 g/mol. The second-order valence-corrected chi connectivity index (χ2v) is 4.07. The molecule has 1 fully saturated rings. The molecule has 0 saturated heterocycles. The molecule has 12 heavy (non-hydrogen) atoms. The van der Waals surface area contributed by atoms with Crippen LogP contribution in [0.5, 0.6) is 0 Å². The minimum atomic E-state index is -0.259. The van der Waals surface area contributed by atoms with Gasteiger partial charge in [-0.3, -0.25) is 0 Å². The molecule has 1 aliphatic carbocycles. The lowest BCUT2D eigenvalue weighted by Gasteiger charge is -2.39. The Bertz CT molecular complexity index is 120. The normalized spacial score (nSPS) is 25.2. The lowest BCUT2D eigenvalue weighted by Crippen LogP contribution is -2.36. The molecule has 0 aromatic heterocycles. The van der Waals surface area contributed by atoms with E-state index in [-0.39, 0.29) is 18.1 Å². The molecule has 0 heterocycles. The number of hydrogen-bond acceptors (Lipinski definition) is 2. The number of aliphatic hydroxyl groups is 2. The van der Waals surface area contributed by atoms with E-state index in [9.17, 15) is 5.11 Å². The van der Waals surface area contributed by atoms with E-state index in [1.165, 1.54) is 19.3 Å². The Hall–Kier alpha value is -0.0800. The average Bonchev–Trinajstić information content (AvgIpc) is 2.06. The second-order valence-electron chi connectivity index (χ2n) is 4.07. The van der Waals surface area contributed by atoms with E-state index in [4.69, 9.17) is 5.11 Å². The zero-order valence-corrected chi connectivity index (χ0v) is 7.92. The summed E-state index contributed by atoms with van der Waals surface area (Å²) in [6, 6.07) is 0. The molecule has 1 atom stereocenters. The predicted molar refractivity (Wildman–Crippen MR) is 48.9 cm³/mol. The summed E-state index contributed by atoms with van der Waals surface area (Å²) in [5.74, 6) is 0. The summed E-state index contributed by atoms with van der Waals surface area (Å²) in [6.45, 7) is 2.08. The molecule has 1 aliphatic rings. The van der Waals surface area contributed by atoms with Crippen molar-refractivity contribution in [2.24, 2.45) is 5.41 Å². The fraction of sp³-hybridized carbons (Fsp3) is 1.00. The summed E-state index contributed by atoms with van der Waals surface area (Å²) in [6.07, 6.45) is 6.40. The minimum absolute atomic E-state index is 0.0347. The van der Waals surface area contributed by atoms with Gasteiger partial charge in [-0.15, -0.1) is 0 Å². The zero-order chi connectivity index (χ0) is 9.03. The molecule has 72 valence electrons. The maximum atomic E-state index is 9.65. The SMILES string of the molecule is CC(O)C1(CCO)CCCCC1. The number of hydrogen-bond donors (Lipinski definition) is 2. The summed E-state index contributed by atoms with van der Waals surface area (Å²) < 4.78 is 0.